The Morgan fingerprint density at radius 3 is 2.50 bits per heavy atom. The van der Waals surface area contributed by atoms with E-state index in [2.05, 4.69) is 26.3 Å². The molecule has 1 atom stereocenters. The zero-order chi connectivity index (χ0) is 14.5. The van der Waals surface area contributed by atoms with Crippen LogP contribution in [0.5, 0.6) is 0 Å². The molecular formula is C14H14BrCl2N3. The Bertz CT molecular complexity index is 572. The molecule has 0 fully saturated rings. The molecule has 0 amide bonds. The van der Waals surface area contributed by atoms with Gasteiger partial charge < -0.3 is 0 Å². The van der Waals surface area contributed by atoms with E-state index in [-0.39, 0.29) is 6.04 Å². The van der Waals surface area contributed by atoms with Gasteiger partial charge in [0, 0.05) is 33.0 Å². The van der Waals surface area contributed by atoms with Crippen molar-refractivity contribution in [2.75, 3.05) is 0 Å². The summed E-state index contributed by atoms with van der Waals surface area (Å²) < 4.78 is 0.946. The zero-order valence-corrected chi connectivity index (χ0v) is 13.7. The van der Waals surface area contributed by atoms with Crippen molar-refractivity contribution in [3.63, 3.8) is 0 Å². The summed E-state index contributed by atoms with van der Waals surface area (Å²) in [6.45, 7) is 0. The molecule has 2 rings (SSSR count). The standard InChI is InChI=1S/C14H14BrCl2N3/c15-10-4-9(7-19-8-10)5-11(20-18)6-12-13(16)2-1-3-14(12)17/h1-4,7-8,11,20H,5-6,18H2. The van der Waals surface area contributed by atoms with Gasteiger partial charge >= 0.3 is 0 Å². The Morgan fingerprint density at radius 2 is 1.90 bits per heavy atom. The van der Waals surface area contributed by atoms with E-state index in [0.29, 0.717) is 16.5 Å². The lowest BCUT2D eigenvalue weighted by molar-refractivity contribution is 0.522. The molecule has 0 aliphatic rings. The van der Waals surface area contributed by atoms with E-state index >= 15 is 0 Å². The molecule has 1 aromatic heterocycles. The molecular weight excluding hydrogens is 361 g/mol. The third-order valence-electron chi connectivity index (χ3n) is 2.99. The summed E-state index contributed by atoms with van der Waals surface area (Å²) in [4.78, 5) is 4.15. The van der Waals surface area contributed by atoms with Gasteiger partial charge in [-0.25, -0.2) is 0 Å². The maximum Gasteiger partial charge on any atom is 0.0453 e. The van der Waals surface area contributed by atoms with Crippen LogP contribution in [-0.2, 0) is 12.8 Å². The number of nitrogens with zero attached hydrogens (tertiary/aromatic N) is 1. The number of hydrogen-bond donors (Lipinski definition) is 2. The summed E-state index contributed by atoms with van der Waals surface area (Å²) in [5.41, 5.74) is 4.81. The smallest absolute Gasteiger partial charge is 0.0453 e. The number of rotatable bonds is 5. The number of benzene rings is 1. The SMILES string of the molecule is NNC(Cc1cncc(Br)c1)Cc1c(Cl)cccc1Cl. The van der Waals surface area contributed by atoms with Crippen molar-refractivity contribution in [1.82, 2.24) is 10.4 Å². The number of hydrogen-bond acceptors (Lipinski definition) is 3. The summed E-state index contributed by atoms with van der Waals surface area (Å²) in [5, 5.41) is 1.32. The van der Waals surface area contributed by atoms with Crippen LogP contribution in [0.15, 0.2) is 41.1 Å². The molecule has 6 heteroatoms. The van der Waals surface area contributed by atoms with Crippen molar-refractivity contribution in [1.29, 1.82) is 0 Å². The Balaban J connectivity index is 2.13. The van der Waals surface area contributed by atoms with Crippen LogP contribution in [0.25, 0.3) is 0 Å². The van der Waals surface area contributed by atoms with E-state index in [0.717, 1.165) is 22.0 Å². The van der Waals surface area contributed by atoms with Gasteiger partial charge in [-0.15, -0.1) is 0 Å². The van der Waals surface area contributed by atoms with Crippen molar-refractivity contribution < 1.29 is 0 Å². The van der Waals surface area contributed by atoms with Gasteiger partial charge in [0.15, 0.2) is 0 Å². The fourth-order valence-corrected chi connectivity index (χ4v) is 2.98. The summed E-state index contributed by atoms with van der Waals surface area (Å²) in [5.74, 6) is 5.64. The van der Waals surface area contributed by atoms with E-state index in [1.807, 2.05) is 30.5 Å². The van der Waals surface area contributed by atoms with Crippen LogP contribution in [0.4, 0.5) is 0 Å². The highest BCUT2D eigenvalue weighted by atomic mass is 79.9. The summed E-state index contributed by atoms with van der Waals surface area (Å²) in [6, 6.07) is 7.54. The first kappa shape index (κ1) is 15.7. The minimum Gasteiger partial charge on any atom is -0.271 e. The Labute approximate surface area is 136 Å². The van der Waals surface area contributed by atoms with Gasteiger partial charge in [-0.2, -0.15) is 0 Å². The van der Waals surface area contributed by atoms with Crippen LogP contribution in [-0.4, -0.2) is 11.0 Å². The van der Waals surface area contributed by atoms with Gasteiger partial charge in [0.25, 0.3) is 0 Å². The predicted octanol–water partition coefficient (Wildman–Crippen LogP) is 3.77. The van der Waals surface area contributed by atoms with Crippen LogP contribution >= 0.6 is 39.1 Å². The molecule has 1 unspecified atom stereocenters. The fraction of sp³-hybridized carbons (Fsp3) is 0.214. The van der Waals surface area contributed by atoms with E-state index in [1.165, 1.54) is 0 Å². The number of nitrogens with two attached hydrogens (primary N) is 1. The molecule has 0 saturated heterocycles. The number of aromatic nitrogens is 1. The minimum absolute atomic E-state index is 0.0310. The molecule has 1 aromatic carbocycles. The Morgan fingerprint density at radius 1 is 1.20 bits per heavy atom. The van der Waals surface area contributed by atoms with Crippen LogP contribution in [0.2, 0.25) is 10.0 Å². The lowest BCUT2D eigenvalue weighted by Gasteiger charge is -2.17. The normalized spacial score (nSPS) is 12.4. The highest BCUT2D eigenvalue weighted by Gasteiger charge is 2.14. The summed E-state index contributed by atoms with van der Waals surface area (Å²) >= 11 is 15.8. The van der Waals surface area contributed by atoms with E-state index in [9.17, 15) is 0 Å². The monoisotopic (exact) mass is 373 g/mol. The minimum atomic E-state index is 0.0310. The van der Waals surface area contributed by atoms with Crippen molar-refractivity contribution >= 4 is 39.1 Å². The quantitative estimate of drug-likeness (QED) is 0.618. The molecule has 106 valence electrons. The second kappa shape index (κ2) is 7.38. The molecule has 3 N–H and O–H groups in total. The maximum absolute atomic E-state index is 6.19. The third kappa shape index (κ3) is 4.17. The van der Waals surface area contributed by atoms with Gasteiger partial charge in [-0.3, -0.25) is 16.3 Å². The van der Waals surface area contributed by atoms with Crippen LogP contribution in [0, 0.1) is 0 Å². The molecule has 0 spiro atoms. The molecule has 20 heavy (non-hydrogen) atoms. The molecule has 0 aliphatic carbocycles. The van der Waals surface area contributed by atoms with E-state index < -0.39 is 0 Å². The molecule has 0 radical (unpaired) electrons. The molecule has 3 nitrogen and oxygen atoms in total. The third-order valence-corrected chi connectivity index (χ3v) is 4.13. The van der Waals surface area contributed by atoms with Gasteiger partial charge in [0.1, 0.15) is 0 Å². The highest BCUT2D eigenvalue weighted by Crippen LogP contribution is 2.26. The molecule has 0 saturated carbocycles. The average Bonchev–Trinajstić information content (AvgIpc) is 2.42. The summed E-state index contributed by atoms with van der Waals surface area (Å²) in [7, 11) is 0. The number of nitrogens with one attached hydrogen (secondary N) is 1. The maximum atomic E-state index is 6.19. The van der Waals surface area contributed by atoms with Crippen molar-refractivity contribution in [3.05, 3.63) is 62.3 Å². The first-order chi connectivity index (χ1) is 9.60. The van der Waals surface area contributed by atoms with Gasteiger partial charge in [0.05, 0.1) is 0 Å². The van der Waals surface area contributed by atoms with E-state index in [4.69, 9.17) is 29.0 Å². The average molecular weight is 375 g/mol. The second-order valence-corrected chi connectivity index (χ2v) is 6.21. The van der Waals surface area contributed by atoms with Crippen LogP contribution in [0.3, 0.4) is 0 Å². The van der Waals surface area contributed by atoms with Crippen molar-refractivity contribution in [2.24, 2.45) is 5.84 Å². The Hall–Kier alpha value is -0.650. The van der Waals surface area contributed by atoms with Gasteiger partial charge in [0.2, 0.25) is 0 Å². The Kier molecular flexibility index (Phi) is 5.81. The second-order valence-electron chi connectivity index (χ2n) is 4.48. The van der Waals surface area contributed by atoms with Gasteiger partial charge in [-0.1, -0.05) is 29.3 Å². The first-order valence-corrected chi connectivity index (χ1v) is 7.63. The molecule has 2 aromatic rings. The molecule has 1 heterocycles. The summed E-state index contributed by atoms with van der Waals surface area (Å²) in [6.07, 6.45) is 4.97. The van der Waals surface area contributed by atoms with Crippen LogP contribution < -0.4 is 11.3 Å². The van der Waals surface area contributed by atoms with Crippen molar-refractivity contribution in [3.8, 4) is 0 Å². The van der Waals surface area contributed by atoms with E-state index in [1.54, 1.807) is 6.20 Å². The fourth-order valence-electron chi connectivity index (χ4n) is 2.02. The number of pyridine rings is 1. The molecule has 0 bridgehead atoms. The zero-order valence-electron chi connectivity index (χ0n) is 10.6. The topological polar surface area (TPSA) is 50.9 Å². The van der Waals surface area contributed by atoms with Gasteiger partial charge in [-0.05, 0) is 58.1 Å². The van der Waals surface area contributed by atoms with Crippen LogP contribution in [0.1, 0.15) is 11.1 Å². The van der Waals surface area contributed by atoms with Crippen molar-refractivity contribution in [2.45, 2.75) is 18.9 Å². The number of halogens is 3. The lowest BCUT2D eigenvalue weighted by atomic mass is 10.0. The first-order valence-electron chi connectivity index (χ1n) is 6.08. The largest absolute Gasteiger partial charge is 0.271 e. The predicted molar refractivity (Wildman–Crippen MR) is 86.9 cm³/mol. The molecule has 0 aliphatic heterocycles. The lowest BCUT2D eigenvalue weighted by Crippen LogP contribution is -2.38. The number of hydrazine groups is 1. The highest BCUT2D eigenvalue weighted by molar-refractivity contribution is 9.10.